The van der Waals surface area contributed by atoms with Crippen LogP contribution in [0.15, 0.2) is 41.1 Å². The molecule has 8 nitrogen and oxygen atoms in total. The zero-order valence-corrected chi connectivity index (χ0v) is 19.9. The molecule has 1 saturated heterocycles. The maximum atomic E-state index is 12.4. The number of methoxy groups -OCH3 is 1. The molecule has 33 heavy (non-hydrogen) atoms. The molecule has 0 saturated carbocycles. The molecule has 3 aromatic rings. The molecule has 0 atom stereocenters. The normalized spacial score (nSPS) is 13.5. The van der Waals surface area contributed by atoms with Crippen LogP contribution in [0.25, 0.3) is 11.1 Å². The quantitative estimate of drug-likeness (QED) is 0.532. The third-order valence-electron chi connectivity index (χ3n) is 5.43. The number of halogens is 1. The summed E-state index contributed by atoms with van der Waals surface area (Å²) in [5.41, 5.74) is 3.01. The van der Waals surface area contributed by atoms with E-state index in [1.165, 1.54) is 0 Å². The van der Waals surface area contributed by atoms with Crippen molar-refractivity contribution >= 4 is 35.1 Å². The van der Waals surface area contributed by atoms with E-state index < -0.39 is 0 Å². The fraction of sp³-hybridized carbons (Fsp3) is 0.375. The lowest BCUT2D eigenvalue weighted by Crippen LogP contribution is -2.49. The number of nitrogens with zero attached hydrogens (tertiary/aromatic N) is 5. The van der Waals surface area contributed by atoms with Crippen molar-refractivity contribution in [1.29, 1.82) is 0 Å². The van der Waals surface area contributed by atoms with Crippen LogP contribution >= 0.6 is 12.4 Å². The average Bonchev–Trinajstić information content (AvgIpc) is 3.25. The summed E-state index contributed by atoms with van der Waals surface area (Å²) in [5.74, 6) is 7.17. The van der Waals surface area contributed by atoms with Crippen molar-refractivity contribution in [2.45, 2.75) is 6.42 Å². The predicted molar refractivity (Wildman–Crippen MR) is 130 cm³/mol. The second-order valence-electron chi connectivity index (χ2n) is 7.90. The van der Waals surface area contributed by atoms with Crippen LogP contribution in [0.5, 0.6) is 5.75 Å². The van der Waals surface area contributed by atoms with Crippen LogP contribution in [0.4, 0.5) is 5.69 Å². The Balaban J connectivity index is 0.00000306. The molecule has 4 rings (SSSR count). The molecule has 0 radical (unpaired) electrons. The lowest BCUT2D eigenvalue weighted by Gasteiger charge is -2.36. The van der Waals surface area contributed by atoms with E-state index in [0.717, 1.165) is 30.9 Å². The van der Waals surface area contributed by atoms with Crippen molar-refractivity contribution < 1.29 is 13.9 Å². The Bertz CT molecular complexity index is 1150. The van der Waals surface area contributed by atoms with Crippen molar-refractivity contribution in [3.8, 4) is 17.6 Å². The van der Waals surface area contributed by atoms with Gasteiger partial charge in [0.05, 0.1) is 12.8 Å². The van der Waals surface area contributed by atoms with Crippen LogP contribution in [0.1, 0.15) is 17.9 Å². The summed E-state index contributed by atoms with van der Waals surface area (Å²) < 4.78 is 11.5. The van der Waals surface area contributed by atoms with Gasteiger partial charge in [0.1, 0.15) is 5.75 Å². The number of benzene rings is 1. The highest BCUT2D eigenvalue weighted by Crippen LogP contribution is 2.34. The molecule has 1 fully saturated rings. The van der Waals surface area contributed by atoms with E-state index in [0.29, 0.717) is 42.3 Å². The van der Waals surface area contributed by atoms with Gasteiger partial charge in [-0.3, -0.25) is 9.78 Å². The molecule has 174 valence electrons. The number of aromatic nitrogens is 2. The third-order valence-corrected chi connectivity index (χ3v) is 5.43. The fourth-order valence-corrected chi connectivity index (χ4v) is 3.67. The highest BCUT2D eigenvalue weighted by atomic mass is 35.5. The number of ether oxygens (including phenoxy) is 1. The van der Waals surface area contributed by atoms with Crippen molar-refractivity contribution in [1.82, 2.24) is 19.8 Å². The van der Waals surface area contributed by atoms with E-state index >= 15 is 0 Å². The van der Waals surface area contributed by atoms with Gasteiger partial charge < -0.3 is 23.9 Å². The second-order valence-corrected chi connectivity index (χ2v) is 7.90. The maximum Gasteiger partial charge on any atom is 0.274 e. The second kappa shape index (κ2) is 11.0. The van der Waals surface area contributed by atoms with Gasteiger partial charge in [-0.25, -0.2) is 0 Å². The number of rotatable bonds is 5. The lowest BCUT2D eigenvalue weighted by molar-refractivity contribution is -0.131. The minimum absolute atomic E-state index is 0. The molecule has 0 unspecified atom stereocenters. The summed E-state index contributed by atoms with van der Waals surface area (Å²) in [6, 6.07) is 7.59. The van der Waals surface area contributed by atoms with Crippen molar-refractivity contribution in [2.75, 3.05) is 58.8 Å². The van der Waals surface area contributed by atoms with Crippen LogP contribution in [0.2, 0.25) is 0 Å². The lowest BCUT2D eigenvalue weighted by atomic mass is 10.2. The van der Waals surface area contributed by atoms with Gasteiger partial charge in [0, 0.05) is 57.1 Å². The number of pyridine rings is 1. The average molecular weight is 470 g/mol. The minimum Gasteiger partial charge on any atom is -0.494 e. The number of carbonyl (C=O) groups excluding carboxylic acids is 1. The van der Waals surface area contributed by atoms with E-state index in [2.05, 4.69) is 26.7 Å². The molecule has 0 bridgehead atoms. The maximum absolute atomic E-state index is 12.4. The Morgan fingerprint density at radius 1 is 1.18 bits per heavy atom. The Kier molecular flexibility index (Phi) is 8.15. The number of hydrogen-bond donors (Lipinski definition) is 0. The van der Waals surface area contributed by atoms with Crippen molar-refractivity contribution in [2.24, 2.45) is 0 Å². The number of carbonyl (C=O) groups is 1. The molecule has 2 aromatic heterocycles. The smallest absolute Gasteiger partial charge is 0.274 e. The molecule has 1 aliphatic heterocycles. The first kappa shape index (κ1) is 24.4. The summed E-state index contributed by atoms with van der Waals surface area (Å²) in [7, 11) is 5.57. The van der Waals surface area contributed by atoms with Gasteiger partial charge in [0.15, 0.2) is 11.1 Å². The number of hydrogen-bond acceptors (Lipinski definition) is 7. The fourth-order valence-electron chi connectivity index (χ4n) is 3.67. The van der Waals surface area contributed by atoms with E-state index in [1.54, 1.807) is 19.5 Å². The Hall–Kier alpha value is -3.28. The standard InChI is InChI=1S/C24H27N5O3.ClH/c1-27(2)12-10-22(30)29-15-13-28(14-16-29)19-7-8-20(31-3)23-24(19)32-21(26-23)9-6-18-5-4-11-25-17-18;/h4-5,7-8,11,17H,10,12-16H2,1-3H3;1H. The molecule has 1 amide bonds. The number of anilines is 1. The van der Waals surface area contributed by atoms with Gasteiger partial charge in [0.2, 0.25) is 5.91 Å². The highest BCUT2D eigenvalue weighted by Gasteiger charge is 2.24. The van der Waals surface area contributed by atoms with E-state index in [-0.39, 0.29) is 18.3 Å². The number of piperazine rings is 1. The molecule has 3 heterocycles. The van der Waals surface area contributed by atoms with E-state index in [4.69, 9.17) is 9.15 Å². The number of fused-ring (bicyclic) bond motifs is 1. The van der Waals surface area contributed by atoms with Crippen LogP contribution in [0, 0.1) is 11.8 Å². The van der Waals surface area contributed by atoms with Gasteiger partial charge in [-0.2, -0.15) is 4.98 Å². The summed E-state index contributed by atoms with van der Waals surface area (Å²) in [6.07, 6.45) is 3.94. The molecule has 9 heteroatoms. The zero-order chi connectivity index (χ0) is 22.5. The first-order valence-corrected chi connectivity index (χ1v) is 10.6. The van der Waals surface area contributed by atoms with Crippen molar-refractivity contribution in [3.63, 3.8) is 0 Å². The van der Waals surface area contributed by atoms with Crippen LogP contribution in [-0.4, -0.2) is 79.6 Å². The van der Waals surface area contributed by atoms with Gasteiger partial charge >= 0.3 is 0 Å². The summed E-state index contributed by atoms with van der Waals surface area (Å²) in [5, 5.41) is 0. The molecule has 1 aromatic carbocycles. The zero-order valence-electron chi connectivity index (χ0n) is 19.1. The Morgan fingerprint density at radius 3 is 2.64 bits per heavy atom. The highest BCUT2D eigenvalue weighted by molar-refractivity contribution is 5.92. The predicted octanol–water partition coefficient (Wildman–Crippen LogP) is 2.65. The summed E-state index contributed by atoms with van der Waals surface area (Å²) in [4.78, 5) is 27.3. The van der Waals surface area contributed by atoms with Crippen molar-refractivity contribution in [3.05, 3.63) is 48.1 Å². The van der Waals surface area contributed by atoms with Crippen LogP contribution < -0.4 is 9.64 Å². The minimum atomic E-state index is 0. The summed E-state index contributed by atoms with van der Waals surface area (Å²) in [6.45, 7) is 3.58. The van der Waals surface area contributed by atoms with Gasteiger partial charge in [-0.05, 0) is 44.3 Å². The third kappa shape index (κ3) is 5.75. The summed E-state index contributed by atoms with van der Waals surface area (Å²) >= 11 is 0. The van der Waals surface area contributed by atoms with E-state index in [1.807, 2.05) is 48.2 Å². The number of oxazole rings is 1. The number of amides is 1. The molecule has 0 N–H and O–H groups in total. The van der Waals surface area contributed by atoms with Gasteiger partial charge in [-0.1, -0.05) is 5.92 Å². The van der Waals surface area contributed by atoms with Crippen LogP contribution in [-0.2, 0) is 4.79 Å². The van der Waals surface area contributed by atoms with Gasteiger partial charge in [-0.15, -0.1) is 12.4 Å². The SMILES string of the molecule is COc1ccc(N2CCN(C(=O)CCN(C)C)CC2)c2oc(C#Cc3cccnc3)nc12.Cl. The Labute approximate surface area is 199 Å². The Morgan fingerprint density at radius 2 is 1.97 bits per heavy atom. The van der Waals surface area contributed by atoms with Gasteiger partial charge in [0.25, 0.3) is 5.89 Å². The molecule has 0 aliphatic carbocycles. The monoisotopic (exact) mass is 469 g/mol. The largest absolute Gasteiger partial charge is 0.494 e. The molecular formula is C24H28ClN5O3. The first-order valence-electron chi connectivity index (χ1n) is 10.6. The molecule has 0 spiro atoms. The van der Waals surface area contributed by atoms with E-state index in [9.17, 15) is 4.79 Å². The van der Waals surface area contributed by atoms with Crippen LogP contribution in [0.3, 0.4) is 0 Å². The first-order chi connectivity index (χ1) is 15.5. The molecule has 1 aliphatic rings. The topological polar surface area (TPSA) is 74.9 Å². The molecular weight excluding hydrogens is 442 g/mol.